The minimum absolute atomic E-state index is 0.216. The lowest BCUT2D eigenvalue weighted by molar-refractivity contribution is -0.139. The Balaban J connectivity index is 1.56. The zero-order valence-corrected chi connectivity index (χ0v) is 24.4. The summed E-state index contributed by atoms with van der Waals surface area (Å²) >= 11 is 14.3. The van der Waals surface area contributed by atoms with Gasteiger partial charge in [-0.15, -0.1) is 0 Å². The summed E-state index contributed by atoms with van der Waals surface area (Å²) in [6.45, 7) is 6.03. The number of allylic oxidation sites excluding steroid dienone is 1. The second kappa shape index (κ2) is 11.8. The Kier molecular flexibility index (Phi) is 8.26. The van der Waals surface area contributed by atoms with Crippen LogP contribution in [0.3, 0.4) is 0 Å². The molecule has 0 N–H and O–H groups in total. The third kappa shape index (κ3) is 5.63. The van der Waals surface area contributed by atoms with Gasteiger partial charge >= 0.3 is 5.97 Å². The fraction of sp³-hybridized carbons (Fsp3) is 0.194. The maximum absolute atomic E-state index is 13.8. The van der Waals surface area contributed by atoms with Crippen LogP contribution in [0.2, 0.25) is 10.0 Å². The van der Waals surface area contributed by atoms with Crippen LogP contribution >= 0.6 is 34.5 Å². The molecule has 0 fully saturated rings. The zero-order valence-electron chi connectivity index (χ0n) is 22.1. The monoisotopic (exact) mass is 592 g/mol. The van der Waals surface area contributed by atoms with Crippen LogP contribution in [-0.4, -0.2) is 17.1 Å². The van der Waals surface area contributed by atoms with Gasteiger partial charge in [0.25, 0.3) is 5.56 Å². The molecule has 0 saturated heterocycles. The molecule has 1 atom stereocenters. The highest BCUT2D eigenvalue weighted by atomic mass is 35.5. The first-order valence-corrected chi connectivity index (χ1v) is 14.3. The number of ether oxygens (including phenoxy) is 2. The number of esters is 1. The summed E-state index contributed by atoms with van der Waals surface area (Å²) in [4.78, 5) is 32.0. The van der Waals surface area contributed by atoms with Crippen molar-refractivity contribution >= 4 is 46.6 Å². The number of halogens is 2. The quantitative estimate of drug-likeness (QED) is 0.247. The number of rotatable bonds is 7. The number of hydrogen-bond acceptors (Lipinski definition) is 6. The Labute approximate surface area is 245 Å². The van der Waals surface area contributed by atoms with E-state index >= 15 is 0 Å². The van der Waals surface area contributed by atoms with Crippen molar-refractivity contribution in [3.63, 3.8) is 0 Å². The Hall–Kier alpha value is -3.65. The van der Waals surface area contributed by atoms with Crippen LogP contribution < -0.4 is 19.6 Å². The second-order valence-electron chi connectivity index (χ2n) is 9.30. The molecular weight excluding hydrogens is 567 g/mol. The molecule has 0 unspecified atom stereocenters. The summed E-state index contributed by atoms with van der Waals surface area (Å²) < 4.78 is 13.2. The summed E-state index contributed by atoms with van der Waals surface area (Å²) in [5.41, 5.74) is 4.07. The summed E-state index contributed by atoms with van der Waals surface area (Å²) in [5, 5.41) is 0.667. The van der Waals surface area contributed by atoms with E-state index in [1.165, 1.54) is 11.3 Å². The van der Waals surface area contributed by atoms with Crippen molar-refractivity contribution in [3.05, 3.63) is 130 Å². The van der Waals surface area contributed by atoms with E-state index in [-0.39, 0.29) is 12.2 Å². The SMILES string of the molecule is CCOC(=O)C1=C(C)N=c2s/c(=C/c3cc(Cl)c(OCc4ccccc4)c(Cl)c3)c(=O)n2[C@H]1c1ccc(C)cc1. The molecule has 0 bridgehead atoms. The molecular formula is C31H26Cl2N2O4S. The molecule has 4 aromatic rings. The van der Waals surface area contributed by atoms with Crippen molar-refractivity contribution in [1.82, 2.24) is 4.57 Å². The van der Waals surface area contributed by atoms with Crippen LogP contribution in [0.1, 0.15) is 42.1 Å². The standard InChI is InChI=1S/C31H26Cl2N2O4S/c1-4-38-30(37)26-19(3)34-31-35(27(26)22-12-10-18(2)11-13-22)29(36)25(40-31)16-21-14-23(32)28(24(33)15-21)39-17-20-8-6-5-7-9-20/h5-16,27H,4,17H2,1-3H3/b25-16+/t27-/m0/s1. The second-order valence-corrected chi connectivity index (χ2v) is 11.1. The van der Waals surface area contributed by atoms with Gasteiger partial charge in [-0.25, -0.2) is 9.79 Å². The number of aryl methyl sites for hydroxylation is 1. The molecule has 1 aliphatic heterocycles. The van der Waals surface area contributed by atoms with E-state index in [1.54, 1.807) is 36.6 Å². The highest BCUT2D eigenvalue weighted by Crippen LogP contribution is 2.35. The fourth-order valence-electron chi connectivity index (χ4n) is 4.54. The largest absolute Gasteiger partial charge is 0.486 e. The number of thiazole rings is 1. The van der Waals surface area contributed by atoms with Crippen molar-refractivity contribution in [3.8, 4) is 5.75 Å². The number of benzene rings is 3. The molecule has 3 aromatic carbocycles. The van der Waals surface area contributed by atoms with Gasteiger partial charge in [0.15, 0.2) is 10.6 Å². The van der Waals surface area contributed by atoms with E-state index in [1.807, 2.05) is 61.5 Å². The van der Waals surface area contributed by atoms with Crippen molar-refractivity contribution in [2.45, 2.75) is 33.4 Å². The number of carbonyl (C=O) groups is 1. The molecule has 5 rings (SSSR count). The van der Waals surface area contributed by atoms with Gasteiger partial charge in [-0.1, -0.05) is 94.7 Å². The lowest BCUT2D eigenvalue weighted by Crippen LogP contribution is -2.39. The predicted octanol–water partition coefficient (Wildman–Crippen LogP) is 5.99. The van der Waals surface area contributed by atoms with Gasteiger partial charge in [0.05, 0.1) is 38.5 Å². The van der Waals surface area contributed by atoms with E-state index in [0.717, 1.165) is 16.7 Å². The first-order valence-electron chi connectivity index (χ1n) is 12.7. The van der Waals surface area contributed by atoms with Gasteiger partial charge in [-0.2, -0.15) is 0 Å². The molecule has 0 amide bonds. The van der Waals surface area contributed by atoms with E-state index < -0.39 is 12.0 Å². The van der Waals surface area contributed by atoms with Gasteiger partial charge in [0, 0.05) is 0 Å². The fourth-order valence-corrected chi connectivity index (χ4v) is 6.20. The molecule has 1 aromatic heterocycles. The summed E-state index contributed by atoms with van der Waals surface area (Å²) in [5.74, 6) is -0.117. The van der Waals surface area contributed by atoms with Crippen LogP contribution in [0.15, 0.2) is 87.8 Å². The molecule has 1 aliphatic rings. The number of nitrogens with zero attached hydrogens (tertiary/aromatic N) is 2. The van der Waals surface area contributed by atoms with Gasteiger partial charge < -0.3 is 9.47 Å². The Morgan fingerprint density at radius 1 is 1.05 bits per heavy atom. The van der Waals surface area contributed by atoms with Crippen LogP contribution in [-0.2, 0) is 16.1 Å². The molecule has 40 heavy (non-hydrogen) atoms. The molecule has 2 heterocycles. The minimum Gasteiger partial charge on any atom is -0.486 e. The highest BCUT2D eigenvalue weighted by Gasteiger charge is 2.33. The summed E-state index contributed by atoms with van der Waals surface area (Å²) in [6, 6.07) is 20.2. The smallest absolute Gasteiger partial charge is 0.338 e. The minimum atomic E-state index is -0.668. The lowest BCUT2D eigenvalue weighted by Gasteiger charge is -2.24. The van der Waals surface area contributed by atoms with Crippen LogP contribution in [0.4, 0.5) is 0 Å². The third-order valence-corrected chi connectivity index (χ3v) is 8.00. The number of aromatic nitrogens is 1. The molecule has 0 aliphatic carbocycles. The average molecular weight is 594 g/mol. The normalized spacial score (nSPS) is 15.0. The first kappa shape index (κ1) is 27.9. The van der Waals surface area contributed by atoms with E-state index in [9.17, 15) is 9.59 Å². The van der Waals surface area contributed by atoms with E-state index in [4.69, 9.17) is 32.7 Å². The molecule has 0 spiro atoms. The van der Waals surface area contributed by atoms with Crippen molar-refractivity contribution in [1.29, 1.82) is 0 Å². The van der Waals surface area contributed by atoms with Crippen LogP contribution in [0.25, 0.3) is 6.08 Å². The van der Waals surface area contributed by atoms with Gasteiger partial charge in [-0.05, 0) is 55.7 Å². The van der Waals surface area contributed by atoms with Crippen molar-refractivity contribution < 1.29 is 14.3 Å². The van der Waals surface area contributed by atoms with Crippen LogP contribution in [0, 0.1) is 6.92 Å². The summed E-state index contributed by atoms with van der Waals surface area (Å²) in [6.07, 6.45) is 1.72. The van der Waals surface area contributed by atoms with E-state index in [2.05, 4.69) is 4.99 Å². The van der Waals surface area contributed by atoms with E-state index in [0.29, 0.717) is 48.6 Å². The maximum Gasteiger partial charge on any atom is 0.338 e. The molecule has 6 nitrogen and oxygen atoms in total. The number of hydrogen-bond donors (Lipinski definition) is 0. The zero-order chi connectivity index (χ0) is 28.4. The molecule has 0 saturated carbocycles. The lowest BCUT2D eigenvalue weighted by atomic mass is 9.95. The third-order valence-electron chi connectivity index (χ3n) is 6.45. The maximum atomic E-state index is 13.8. The predicted molar refractivity (Wildman–Crippen MR) is 159 cm³/mol. The average Bonchev–Trinajstić information content (AvgIpc) is 3.22. The summed E-state index contributed by atoms with van der Waals surface area (Å²) in [7, 11) is 0. The topological polar surface area (TPSA) is 69.9 Å². The van der Waals surface area contributed by atoms with Crippen LogP contribution in [0.5, 0.6) is 5.75 Å². The van der Waals surface area contributed by atoms with Gasteiger partial charge in [-0.3, -0.25) is 9.36 Å². The molecule has 0 radical (unpaired) electrons. The highest BCUT2D eigenvalue weighted by molar-refractivity contribution is 7.07. The Morgan fingerprint density at radius 3 is 2.38 bits per heavy atom. The Morgan fingerprint density at radius 2 is 1.73 bits per heavy atom. The van der Waals surface area contributed by atoms with Gasteiger partial charge in [0.2, 0.25) is 0 Å². The van der Waals surface area contributed by atoms with Gasteiger partial charge in [0.1, 0.15) is 6.61 Å². The first-order chi connectivity index (χ1) is 19.3. The van der Waals surface area contributed by atoms with Crippen molar-refractivity contribution in [2.75, 3.05) is 6.61 Å². The molecule has 9 heteroatoms. The number of carbonyl (C=O) groups excluding carboxylic acids is 1. The molecule has 204 valence electrons. The number of fused-ring (bicyclic) bond motifs is 1. The Bertz CT molecular complexity index is 1770. The van der Waals surface area contributed by atoms with Crippen molar-refractivity contribution in [2.24, 2.45) is 4.99 Å².